The maximum atomic E-state index is 11.4. The van der Waals surface area contributed by atoms with Crippen molar-refractivity contribution in [2.45, 2.75) is 13.8 Å². The van der Waals surface area contributed by atoms with E-state index in [1.165, 1.54) is 6.20 Å². The van der Waals surface area contributed by atoms with Gasteiger partial charge < -0.3 is 9.84 Å². The summed E-state index contributed by atoms with van der Waals surface area (Å²) in [6, 6.07) is 13.6. The minimum atomic E-state index is -1.06. The number of hydrogen-bond donors (Lipinski definition) is 1. The third-order valence-corrected chi connectivity index (χ3v) is 3.80. The van der Waals surface area contributed by atoms with Crippen molar-refractivity contribution < 1.29 is 14.6 Å². The molecule has 0 saturated heterocycles. The van der Waals surface area contributed by atoms with Gasteiger partial charge in [0.25, 0.3) is 0 Å². The molecule has 1 aromatic heterocycles. The van der Waals surface area contributed by atoms with E-state index in [9.17, 15) is 9.90 Å². The molecule has 24 heavy (non-hydrogen) atoms. The normalized spacial score (nSPS) is 10.6. The van der Waals surface area contributed by atoms with Crippen molar-refractivity contribution in [2.24, 2.45) is 0 Å². The Kier molecular flexibility index (Phi) is 4.08. The van der Waals surface area contributed by atoms with Crippen LogP contribution in [0.1, 0.15) is 21.6 Å². The summed E-state index contributed by atoms with van der Waals surface area (Å²) in [5.41, 5.74) is 3.73. The quantitative estimate of drug-likeness (QED) is 0.792. The summed E-state index contributed by atoms with van der Waals surface area (Å²) >= 11 is 0. The summed E-state index contributed by atoms with van der Waals surface area (Å²) in [7, 11) is 1.59. The first-order valence-electron chi connectivity index (χ1n) is 7.54. The van der Waals surface area contributed by atoms with E-state index in [2.05, 4.69) is 4.98 Å². The molecule has 0 unspecified atom stereocenters. The molecular weight excluding hydrogens is 304 g/mol. The lowest BCUT2D eigenvalue weighted by Crippen LogP contribution is -2.00. The number of aryl methyl sites for hydroxylation is 2. The molecule has 3 rings (SSSR count). The van der Waals surface area contributed by atoms with Crippen molar-refractivity contribution in [3.05, 3.63) is 65.5 Å². The van der Waals surface area contributed by atoms with Gasteiger partial charge in [0.2, 0.25) is 0 Å². The largest absolute Gasteiger partial charge is 0.495 e. The smallest absolute Gasteiger partial charge is 0.356 e. The summed E-state index contributed by atoms with van der Waals surface area (Å²) in [4.78, 5) is 15.7. The lowest BCUT2D eigenvalue weighted by molar-refractivity contribution is 0.0691. The van der Waals surface area contributed by atoms with Gasteiger partial charge in [0, 0.05) is 11.8 Å². The Hall–Kier alpha value is -3.08. The minimum absolute atomic E-state index is 0.00457. The molecule has 0 bridgehead atoms. The van der Waals surface area contributed by atoms with Crippen molar-refractivity contribution in [1.29, 1.82) is 0 Å². The van der Waals surface area contributed by atoms with Crippen LogP contribution in [0.25, 0.3) is 17.1 Å². The topological polar surface area (TPSA) is 64.3 Å². The number of aromatic nitrogens is 2. The Morgan fingerprint density at radius 2 is 1.88 bits per heavy atom. The average Bonchev–Trinajstić information content (AvgIpc) is 3.00. The average molecular weight is 322 g/mol. The molecule has 1 N–H and O–H groups in total. The molecule has 0 aliphatic carbocycles. The third-order valence-electron chi connectivity index (χ3n) is 3.80. The number of benzene rings is 2. The maximum Gasteiger partial charge on any atom is 0.356 e. The van der Waals surface area contributed by atoms with Crippen LogP contribution in [0, 0.1) is 13.8 Å². The van der Waals surface area contributed by atoms with Crippen LogP contribution < -0.4 is 4.74 Å². The molecule has 0 fully saturated rings. The molecule has 5 nitrogen and oxygen atoms in total. The van der Waals surface area contributed by atoms with Crippen molar-refractivity contribution in [1.82, 2.24) is 9.55 Å². The van der Waals surface area contributed by atoms with Crippen LogP contribution in [0.2, 0.25) is 0 Å². The van der Waals surface area contributed by atoms with Gasteiger partial charge in [-0.2, -0.15) is 0 Å². The number of carboxylic acid groups (broad SMARTS) is 1. The highest BCUT2D eigenvalue weighted by Crippen LogP contribution is 2.30. The Bertz CT molecular complexity index is 913. The fourth-order valence-corrected chi connectivity index (χ4v) is 2.64. The second-order valence-electron chi connectivity index (χ2n) is 5.67. The van der Waals surface area contributed by atoms with Crippen LogP contribution in [0.4, 0.5) is 0 Å². The van der Waals surface area contributed by atoms with E-state index >= 15 is 0 Å². The molecule has 1 heterocycles. The zero-order valence-corrected chi connectivity index (χ0v) is 13.8. The number of carboxylic acids is 1. The van der Waals surface area contributed by atoms with Crippen LogP contribution in [-0.4, -0.2) is 27.7 Å². The Morgan fingerprint density at radius 1 is 1.12 bits per heavy atom. The summed E-state index contributed by atoms with van der Waals surface area (Å²) in [5.74, 6) is 0.165. The Morgan fingerprint density at radius 3 is 2.54 bits per heavy atom. The van der Waals surface area contributed by atoms with Gasteiger partial charge in [-0.05, 0) is 37.6 Å². The van der Waals surface area contributed by atoms with Crippen molar-refractivity contribution in [2.75, 3.05) is 7.11 Å². The molecule has 0 amide bonds. The molecule has 122 valence electrons. The molecule has 0 aliphatic rings. The summed E-state index contributed by atoms with van der Waals surface area (Å²) in [5, 5.41) is 9.35. The molecule has 0 radical (unpaired) electrons. The van der Waals surface area contributed by atoms with Crippen LogP contribution in [-0.2, 0) is 0 Å². The van der Waals surface area contributed by atoms with Gasteiger partial charge in [-0.1, -0.05) is 29.8 Å². The highest BCUT2D eigenvalue weighted by atomic mass is 16.5. The number of aromatic carboxylic acids is 1. The third kappa shape index (κ3) is 2.88. The van der Waals surface area contributed by atoms with Gasteiger partial charge in [-0.15, -0.1) is 0 Å². The fraction of sp³-hybridized carbons (Fsp3) is 0.158. The monoisotopic (exact) mass is 322 g/mol. The number of methoxy groups -OCH3 is 1. The predicted octanol–water partition coefficient (Wildman–Crippen LogP) is 3.86. The number of hydrogen-bond acceptors (Lipinski definition) is 3. The second-order valence-corrected chi connectivity index (χ2v) is 5.67. The Balaban J connectivity index is 2.28. The summed E-state index contributed by atoms with van der Waals surface area (Å²) in [6.07, 6.45) is 1.53. The number of nitrogens with zero attached hydrogens (tertiary/aromatic N) is 2. The first-order chi connectivity index (χ1) is 11.5. The summed E-state index contributed by atoms with van der Waals surface area (Å²) < 4.78 is 7.21. The first-order valence-corrected chi connectivity index (χ1v) is 7.54. The van der Waals surface area contributed by atoms with Crippen LogP contribution in [0.15, 0.2) is 48.7 Å². The first kappa shape index (κ1) is 15.8. The predicted molar refractivity (Wildman–Crippen MR) is 92.0 cm³/mol. The fourth-order valence-electron chi connectivity index (χ4n) is 2.64. The molecular formula is C19H18N2O3. The van der Waals surface area contributed by atoms with Crippen molar-refractivity contribution >= 4 is 5.97 Å². The SMILES string of the molecule is COc1ccc(C)cc1-n1cc(C(=O)O)nc1-c1cccc(C)c1. The highest BCUT2D eigenvalue weighted by Gasteiger charge is 2.18. The van der Waals surface area contributed by atoms with Gasteiger partial charge in [-0.3, -0.25) is 4.57 Å². The standard InChI is InChI=1S/C19H18N2O3/c1-12-5-4-6-14(9-12)18-20-15(19(22)23)11-21(18)16-10-13(2)7-8-17(16)24-3/h4-11H,1-3H3,(H,22,23). The number of ether oxygens (including phenoxy) is 1. The number of carbonyl (C=O) groups is 1. The van der Waals surface area contributed by atoms with E-state index in [4.69, 9.17) is 4.74 Å². The molecule has 2 aromatic carbocycles. The lowest BCUT2D eigenvalue weighted by atomic mass is 10.1. The second kappa shape index (κ2) is 6.20. The molecule has 0 aliphatic heterocycles. The molecule has 0 saturated carbocycles. The van der Waals surface area contributed by atoms with E-state index in [0.29, 0.717) is 11.6 Å². The van der Waals surface area contributed by atoms with Crippen LogP contribution in [0.3, 0.4) is 0 Å². The van der Waals surface area contributed by atoms with Crippen molar-refractivity contribution in [3.8, 4) is 22.8 Å². The summed E-state index contributed by atoms with van der Waals surface area (Å²) in [6.45, 7) is 3.96. The zero-order valence-electron chi connectivity index (χ0n) is 13.8. The highest BCUT2D eigenvalue weighted by molar-refractivity contribution is 5.86. The molecule has 0 atom stereocenters. The minimum Gasteiger partial charge on any atom is -0.495 e. The number of rotatable bonds is 4. The maximum absolute atomic E-state index is 11.4. The van der Waals surface area contributed by atoms with Gasteiger partial charge >= 0.3 is 5.97 Å². The number of imidazole rings is 1. The van der Waals surface area contributed by atoms with Crippen LogP contribution >= 0.6 is 0 Å². The van der Waals surface area contributed by atoms with Crippen LogP contribution in [0.5, 0.6) is 5.75 Å². The molecule has 5 heteroatoms. The molecule has 0 spiro atoms. The van der Waals surface area contributed by atoms with E-state index in [0.717, 1.165) is 22.4 Å². The van der Waals surface area contributed by atoms with Crippen molar-refractivity contribution in [3.63, 3.8) is 0 Å². The Labute approximate surface area is 140 Å². The van der Waals surface area contributed by atoms with E-state index < -0.39 is 5.97 Å². The van der Waals surface area contributed by atoms with E-state index in [1.54, 1.807) is 11.7 Å². The van der Waals surface area contributed by atoms with Gasteiger partial charge in [-0.25, -0.2) is 9.78 Å². The zero-order chi connectivity index (χ0) is 17.3. The van der Waals surface area contributed by atoms with Gasteiger partial charge in [0.15, 0.2) is 5.69 Å². The van der Waals surface area contributed by atoms with Gasteiger partial charge in [0.05, 0.1) is 12.8 Å². The van der Waals surface area contributed by atoms with Gasteiger partial charge in [0.1, 0.15) is 11.6 Å². The van der Waals surface area contributed by atoms with E-state index in [-0.39, 0.29) is 5.69 Å². The lowest BCUT2D eigenvalue weighted by Gasteiger charge is -2.13. The molecule has 3 aromatic rings. The van der Waals surface area contributed by atoms with E-state index in [1.807, 2.05) is 56.3 Å².